The van der Waals surface area contributed by atoms with Crippen molar-refractivity contribution in [2.24, 2.45) is 4.99 Å². The van der Waals surface area contributed by atoms with Crippen molar-refractivity contribution < 1.29 is 28.5 Å². The number of thiazole rings is 1. The second kappa shape index (κ2) is 11.6. The first-order valence-electron chi connectivity index (χ1n) is 12.1. The second-order valence-corrected chi connectivity index (χ2v) is 9.26. The molecule has 2 aromatic carbocycles. The molecule has 0 amide bonds. The first kappa shape index (κ1) is 27.0. The number of aromatic nitrogens is 1. The average molecular weight is 539 g/mol. The Morgan fingerprint density at radius 2 is 1.76 bits per heavy atom. The van der Waals surface area contributed by atoms with Crippen molar-refractivity contribution in [1.82, 2.24) is 4.57 Å². The smallest absolute Gasteiger partial charge is 0.338 e. The molecule has 3 aromatic rings. The van der Waals surface area contributed by atoms with Crippen LogP contribution < -0.4 is 33.8 Å². The molecule has 1 atom stereocenters. The quantitative estimate of drug-likeness (QED) is 0.386. The summed E-state index contributed by atoms with van der Waals surface area (Å²) in [7, 11) is 4.65. The van der Waals surface area contributed by atoms with Crippen LogP contribution in [0.5, 0.6) is 23.0 Å². The molecular formula is C28H30N2O7S. The third-order valence-electron chi connectivity index (χ3n) is 6.04. The average Bonchev–Trinajstić information content (AvgIpc) is 3.22. The van der Waals surface area contributed by atoms with Gasteiger partial charge >= 0.3 is 5.97 Å². The maximum absolute atomic E-state index is 13.9. The van der Waals surface area contributed by atoms with Crippen LogP contribution in [0.25, 0.3) is 6.08 Å². The zero-order chi connectivity index (χ0) is 27.4. The molecule has 1 unspecified atom stereocenters. The second-order valence-electron chi connectivity index (χ2n) is 8.25. The molecule has 0 saturated carbocycles. The number of hydrogen-bond acceptors (Lipinski definition) is 9. The summed E-state index contributed by atoms with van der Waals surface area (Å²) in [6.45, 7) is 6.06. The molecule has 0 N–H and O–H groups in total. The van der Waals surface area contributed by atoms with Gasteiger partial charge in [0.25, 0.3) is 5.56 Å². The maximum atomic E-state index is 13.9. The maximum Gasteiger partial charge on any atom is 0.338 e. The van der Waals surface area contributed by atoms with E-state index in [9.17, 15) is 9.59 Å². The minimum atomic E-state index is -0.803. The van der Waals surface area contributed by atoms with Crippen LogP contribution in [0.4, 0.5) is 0 Å². The Balaban J connectivity index is 1.94. The number of fused-ring (bicyclic) bond motifs is 1. The van der Waals surface area contributed by atoms with Gasteiger partial charge in [0.1, 0.15) is 17.5 Å². The third kappa shape index (κ3) is 5.04. The summed E-state index contributed by atoms with van der Waals surface area (Å²) >= 11 is 1.24. The Bertz CT molecular complexity index is 1570. The number of methoxy groups -OCH3 is 3. The Hall–Kier alpha value is -4.05. The summed E-state index contributed by atoms with van der Waals surface area (Å²) < 4.78 is 29.4. The van der Waals surface area contributed by atoms with Gasteiger partial charge in [-0.3, -0.25) is 9.36 Å². The van der Waals surface area contributed by atoms with E-state index < -0.39 is 12.0 Å². The van der Waals surface area contributed by atoms with Gasteiger partial charge in [0, 0.05) is 11.6 Å². The van der Waals surface area contributed by atoms with Gasteiger partial charge < -0.3 is 23.7 Å². The lowest BCUT2D eigenvalue weighted by Gasteiger charge is -2.26. The number of allylic oxidation sites excluding steroid dienone is 1. The number of nitrogens with zero attached hydrogens (tertiary/aromatic N) is 2. The molecule has 0 saturated heterocycles. The van der Waals surface area contributed by atoms with E-state index in [2.05, 4.69) is 4.99 Å². The summed E-state index contributed by atoms with van der Waals surface area (Å²) in [6.07, 6.45) is 1.77. The molecule has 38 heavy (non-hydrogen) atoms. The Morgan fingerprint density at radius 1 is 1.00 bits per heavy atom. The van der Waals surface area contributed by atoms with Crippen LogP contribution in [0.3, 0.4) is 0 Å². The van der Waals surface area contributed by atoms with Crippen LogP contribution in [0.2, 0.25) is 0 Å². The van der Waals surface area contributed by atoms with Crippen LogP contribution in [0.15, 0.2) is 57.5 Å². The normalized spacial score (nSPS) is 15.0. The number of carbonyl (C=O) groups excluding carboxylic acids is 1. The van der Waals surface area contributed by atoms with Crippen LogP contribution in [-0.4, -0.2) is 45.1 Å². The van der Waals surface area contributed by atoms with Crippen LogP contribution >= 0.6 is 11.3 Å². The minimum absolute atomic E-state index is 0.187. The topological polar surface area (TPSA) is 97.6 Å². The molecule has 200 valence electrons. The molecule has 1 aromatic heterocycles. The fraction of sp³-hybridized carbons (Fsp3) is 0.321. The summed E-state index contributed by atoms with van der Waals surface area (Å²) in [6, 6.07) is 9.93. The highest BCUT2D eigenvalue weighted by atomic mass is 32.1. The summed E-state index contributed by atoms with van der Waals surface area (Å²) in [5.74, 6) is 1.70. The summed E-state index contributed by atoms with van der Waals surface area (Å²) in [5.41, 5.74) is 1.83. The van der Waals surface area contributed by atoms with Gasteiger partial charge in [-0.2, -0.15) is 0 Å². The van der Waals surface area contributed by atoms with E-state index >= 15 is 0 Å². The SMILES string of the molecule is CCOC(=O)C1=C(C)N=c2sc(=Cc3ccc(OCC)c(OC)c3)c(=O)n2C1c1ccc(OC)cc1OC. The summed E-state index contributed by atoms with van der Waals surface area (Å²) in [4.78, 5) is 32.1. The Kier molecular flexibility index (Phi) is 8.21. The fourth-order valence-corrected chi connectivity index (χ4v) is 5.38. The highest BCUT2D eigenvalue weighted by Gasteiger charge is 2.35. The molecule has 1 aliphatic rings. The molecule has 10 heteroatoms. The Morgan fingerprint density at radius 3 is 2.42 bits per heavy atom. The van der Waals surface area contributed by atoms with E-state index in [4.69, 9.17) is 23.7 Å². The van der Waals surface area contributed by atoms with Crippen molar-refractivity contribution in [3.8, 4) is 23.0 Å². The van der Waals surface area contributed by atoms with Gasteiger partial charge in [0.2, 0.25) is 0 Å². The summed E-state index contributed by atoms with van der Waals surface area (Å²) in [5, 5.41) is 0. The van der Waals surface area contributed by atoms with E-state index in [-0.39, 0.29) is 17.7 Å². The van der Waals surface area contributed by atoms with Crippen molar-refractivity contribution in [3.63, 3.8) is 0 Å². The first-order valence-corrected chi connectivity index (χ1v) is 12.9. The third-order valence-corrected chi connectivity index (χ3v) is 7.02. The van der Waals surface area contributed by atoms with E-state index in [1.54, 1.807) is 58.4 Å². The minimum Gasteiger partial charge on any atom is -0.497 e. The fourth-order valence-electron chi connectivity index (χ4n) is 4.33. The number of carbonyl (C=O) groups is 1. The van der Waals surface area contributed by atoms with Crippen molar-refractivity contribution in [3.05, 3.63) is 78.5 Å². The lowest BCUT2D eigenvalue weighted by molar-refractivity contribution is -0.139. The van der Waals surface area contributed by atoms with Gasteiger partial charge in [-0.1, -0.05) is 17.4 Å². The van der Waals surface area contributed by atoms with Crippen molar-refractivity contribution >= 4 is 23.4 Å². The van der Waals surface area contributed by atoms with E-state index in [1.807, 2.05) is 19.1 Å². The van der Waals surface area contributed by atoms with E-state index in [1.165, 1.54) is 23.0 Å². The lowest BCUT2D eigenvalue weighted by atomic mass is 9.95. The Labute approximate surface area is 224 Å². The monoisotopic (exact) mass is 538 g/mol. The molecule has 0 spiro atoms. The predicted molar refractivity (Wildman–Crippen MR) is 144 cm³/mol. The molecule has 2 heterocycles. The number of benzene rings is 2. The largest absolute Gasteiger partial charge is 0.497 e. The van der Waals surface area contributed by atoms with Gasteiger partial charge in [-0.05, 0) is 56.7 Å². The number of hydrogen-bond donors (Lipinski definition) is 0. The molecule has 0 radical (unpaired) electrons. The van der Waals surface area contributed by atoms with Crippen LogP contribution in [0.1, 0.15) is 37.9 Å². The molecule has 9 nitrogen and oxygen atoms in total. The molecule has 0 aliphatic carbocycles. The molecule has 0 bridgehead atoms. The molecule has 4 rings (SSSR count). The molecular weight excluding hydrogens is 508 g/mol. The number of esters is 1. The van der Waals surface area contributed by atoms with Gasteiger partial charge in [-0.15, -0.1) is 0 Å². The lowest BCUT2D eigenvalue weighted by Crippen LogP contribution is -2.40. The first-order chi connectivity index (χ1) is 18.4. The predicted octanol–water partition coefficient (Wildman–Crippen LogP) is 3.22. The standard InChI is InChI=1S/C28H30N2O7S/c1-7-36-20-12-9-17(13-22(20)35-6)14-23-26(31)30-25(19-11-10-18(33-4)15-21(19)34-5)24(27(32)37-8-2)16(3)29-28(30)38-23/h9-15,25H,7-8H2,1-6H3. The molecule has 0 fully saturated rings. The van der Waals surface area contributed by atoms with Gasteiger partial charge in [-0.25, -0.2) is 9.79 Å². The number of rotatable bonds is 9. The van der Waals surface area contributed by atoms with Gasteiger partial charge in [0.15, 0.2) is 16.3 Å². The zero-order valence-corrected chi connectivity index (χ0v) is 23.0. The highest BCUT2D eigenvalue weighted by molar-refractivity contribution is 7.07. The van der Waals surface area contributed by atoms with Crippen molar-refractivity contribution in [2.75, 3.05) is 34.5 Å². The van der Waals surface area contributed by atoms with Crippen LogP contribution in [-0.2, 0) is 9.53 Å². The highest BCUT2D eigenvalue weighted by Crippen LogP contribution is 2.37. The van der Waals surface area contributed by atoms with Gasteiger partial charge in [0.05, 0.1) is 50.3 Å². The van der Waals surface area contributed by atoms with E-state index in [0.29, 0.717) is 50.2 Å². The van der Waals surface area contributed by atoms with Crippen LogP contribution in [0, 0.1) is 0 Å². The van der Waals surface area contributed by atoms with Crippen molar-refractivity contribution in [2.45, 2.75) is 26.8 Å². The van der Waals surface area contributed by atoms with E-state index in [0.717, 1.165) is 5.56 Å². The molecule has 1 aliphatic heterocycles. The number of ether oxygens (including phenoxy) is 5. The zero-order valence-electron chi connectivity index (χ0n) is 22.2. The van der Waals surface area contributed by atoms with Crippen molar-refractivity contribution in [1.29, 1.82) is 0 Å².